The highest BCUT2D eigenvalue weighted by Crippen LogP contribution is 2.26. The van der Waals surface area contributed by atoms with Crippen LogP contribution in [-0.2, 0) is 6.54 Å². The number of rotatable bonds is 3. The quantitative estimate of drug-likeness (QED) is 0.946. The van der Waals surface area contributed by atoms with Crippen molar-refractivity contribution in [1.29, 1.82) is 0 Å². The predicted octanol–water partition coefficient (Wildman–Crippen LogP) is 2.93. The maximum absolute atomic E-state index is 5.79. The van der Waals surface area contributed by atoms with Crippen LogP contribution >= 0.6 is 23.7 Å². The van der Waals surface area contributed by atoms with Crippen LogP contribution in [0.2, 0.25) is 0 Å². The molecule has 0 radical (unpaired) electrons. The van der Waals surface area contributed by atoms with E-state index < -0.39 is 0 Å². The highest BCUT2D eigenvalue weighted by atomic mass is 35.5. The van der Waals surface area contributed by atoms with Crippen molar-refractivity contribution in [2.45, 2.75) is 26.4 Å². The van der Waals surface area contributed by atoms with Gasteiger partial charge in [-0.15, -0.1) is 23.7 Å². The van der Waals surface area contributed by atoms with Crippen molar-refractivity contribution >= 4 is 23.7 Å². The molecule has 1 aliphatic rings. The normalized spacial score (nSPS) is 19.8. The minimum absolute atomic E-state index is 0. The molecular weight excluding hydrogens is 294 g/mol. The highest BCUT2D eigenvalue weighted by molar-refractivity contribution is 7.13. The molecule has 4 nitrogen and oxygen atoms in total. The molecule has 20 heavy (non-hydrogen) atoms. The Labute approximate surface area is 129 Å². The van der Waals surface area contributed by atoms with Crippen molar-refractivity contribution in [2.75, 3.05) is 19.6 Å². The molecule has 1 fully saturated rings. The lowest BCUT2D eigenvalue weighted by molar-refractivity contribution is 0.163. The second-order valence-corrected chi connectivity index (χ2v) is 5.97. The molecule has 6 heteroatoms. The van der Waals surface area contributed by atoms with E-state index in [0.29, 0.717) is 6.04 Å². The lowest BCUT2D eigenvalue weighted by Crippen LogP contribution is -2.49. The third kappa shape index (κ3) is 3.23. The fourth-order valence-electron chi connectivity index (χ4n) is 2.39. The molecule has 0 aliphatic carbocycles. The lowest BCUT2D eigenvalue weighted by atomic mass is 10.2. The van der Waals surface area contributed by atoms with Crippen LogP contribution in [0, 0.1) is 6.92 Å². The molecular formula is C14H20ClN3OS. The van der Waals surface area contributed by atoms with Gasteiger partial charge >= 0.3 is 0 Å². The Morgan fingerprint density at radius 1 is 1.55 bits per heavy atom. The summed E-state index contributed by atoms with van der Waals surface area (Å²) >= 11 is 1.66. The molecule has 2 aromatic rings. The Bertz CT molecular complexity index is 541. The fraction of sp³-hybridized carbons (Fsp3) is 0.500. The van der Waals surface area contributed by atoms with Gasteiger partial charge in [-0.1, -0.05) is 6.07 Å². The minimum Gasteiger partial charge on any atom is -0.440 e. The smallest absolute Gasteiger partial charge is 0.236 e. The van der Waals surface area contributed by atoms with Gasteiger partial charge in [0, 0.05) is 32.2 Å². The fourth-order valence-corrected chi connectivity index (χ4v) is 3.04. The summed E-state index contributed by atoms with van der Waals surface area (Å²) in [5, 5.41) is 5.46. The number of piperazine rings is 1. The largest absolute Gasteiger partial charge is 0.440 e. The van der Waals surface area contributed by atoms with E-state index in [1.807, 2.05) is 24.4 Å². The standard InChI is InChI=1S/C14H19N3OS.ClH/c1-10-8-15-5-6-17(10)9-12-11(2)18-14(16-12)13-4-3-7-19-13;/h3-4,7,10,15H,5-6,8-9H2,1-2H3;1H/t10-;/m1./s1. The Morgan fingerprint density at radius 3 is 3.10 bits per heavy atom. The van der Waals surface area contributed by atoms with Crippen molar-refractivity contribution < 1.29 is 4.42 Å². The zero-order valence-corrected chi connectivity index (χ0v) is 13.4. The summed E-state index contributed by atoms with van der Waals surface area (Å²) in [6.07, 6.45) is 0. The van der Waals surface area contributed by atoms with Gasteiger partial charge in [0.15, 0.2) is 0 Å². The molecule has 1 atom stereocenters. The molecule has 0 amide bonds. The van der Waals surface area contributed by atoms with E-state index in [1.165, 1.54) is 0 Å². The first-order valence-electron chi connectivity index (χ1n) is 6.69. The van der Waals surface area contributed by atoms with Crippen molar-refractivity contribution in [3.05, 3.63) is 29.0 Å². The van der Waals surface area contributed by atoms with Gasteiger partial charge < -0.3 is 9.73 Å². The van der Waals surface area contributed by atoms with Gasteiger partial charge in [0.25, 0.3) is 0 Å². The van der Waals surface area contributed by atoms with Gasteiger partial charge in [0.05, 0.1) is 10.6 Å². The van der Waals surface area contributed by atoms with Gasteiger partial charge in [0.2, 0.25) is 5.89 Å². The summed E-state index contributed by atoms with van der Waals surface area (Å²) in [6, 6.07) is 4.63. The number of aromatic nitrogens is 1. The van der Waals surface area contributed by atoms with Gasteiger partial charge in [0.1, 0.15) is 5.76 Å². The molecule has 0 unspecified atom stereocenters. The van der Waals surface area contributed by atoms with Gasteiger partial charge in [-0.3, -0.25) is 4.90 Å². The molecule has 0 aromatic carbocycles. The maximum Gasteiger partial charge on any atom is 0.236 e. The number of halogens is 1. The average molecular weight is 314 g/mol. The third-order valence-electron chi connectivity index (χ3n) is 3.62. The Kier molecular flexibility index (Phi) is 5.21. The Balaban J connectivity index is 0.00000147. The average Bonchev–Trinajstić information content (AvgIpc) is 3.02. The van der Waals surface area contributed by atoms with Crippen molar-refractivity contribution in [1.82, 2.24) is 15.2 Å². The topological polar surface area (TPSA) is 41.3 Å². The van der Waals surface area contributed by atoms with E-state index >= 15 is 0 Å². The molecule has 2 aromatic heterocycles. The van der Waals surface area contributed by atoms with E-state index in [4.69, 9.17) is 4.42 Å². The SMILES string of the molecule is Cc1oc(-c2cccs2)nc1CN1CCNC[C@H]1C.Cl. The highest BCUT2D eigenvalue weighted by Gasteiger charge is 2.21. The molecule has 3 heterocycles. The van der Waals surface area contributed by atoms with Gasteiger partial charge in [-0.25, -0.2) is 4.98 Å². The molecule has 1 N–H and O–H groups in total. The zero-order valence-electron chi connectivity index (χ0n) is 11.8. The number of hydrogen-bond acceptors (Lipinski definition) is 5. The molecule has 1 aliphatic heterocycles. The molecule has 0 bridgehead atoms. The summed E-state index contributed by atoms with van der Waals surface area (Å²) in [7, 11) is 0. The Morgan fingerprint density at radius 2 is 2.40 bits per heavy atom. The number of aryl methyl sites for hydroxylation is 1. The van der Waals surface area contributed by atoms with Gasteiger partial charge in [-0.2, -0.15) is 0 Å². The summed E-state index contributed by atoms with van der Waals surface area (Å²) in [5.74, 6) is 1.69. The predicted molar refractivity (Wildman–Crippen MR) is 84.5 cm³/mol. The third-order valence-corrected chi connectivity index (χ3v) is 4.47. The van der Waals surface area contributed by atoms with Crippen LogP contribution in [0.25, 0.3) is 10.8 Å². The van der Waals surface area contributed by atoms with Crippen molar-refractivity contribution in [2.24, 2.45) is 0 Å². The van der Waals surface area contributed by atoms with Crippen molar-refractivity contribution in [3.8, 4) is 10.8 Å². The van der Waals surface area contributed by atoms with Crippen LogP contribution in [-0.4, -0.2) is 35.6 Å². The molecule has 110 valence electrons. The van der Waals surface area contributed by atoms with E-state index in [-0.39, 0.29) is 12.4 Å². The first-order valence-corrected chi connectivity index (χ1v) is 7.57. The second-order valence-electron chi connectivity index (χ2n) is 5.02. The van der Waals surface area contributed by atoms with E-state index in [2.05, 4.69) is 22.1 Å². The molecule has 3 rings (SSSR count). The number of hydrogen-bond donors (Lipinski definition) is 1. The maximum atomic E-state index is 5.79. The van der Waals surface area contributed by atoms with E-state index in [1.54, 1.807) is 11.3 Å². The van der Waals surface area contributed by atoms with Crippen LogP contribution in [0.15, 0.2) is 21.9 Å². The summed E-state index contributed by atoms with van der Waals surface area (Å²) in [5.41, 5.74) is 1.07. The van der Waals surface area contributed by atoms with Crippen LogP contribution in [0.5, 0.6) is 0 Å². The number of oxazole rings is 1. The first kappa shape index (κ1) is 15.5. The van der Waals surface area contributed by atoms with Gasteiger partial charge in [-0.05, 0) is 25.3 Å². The van der Waals surface area contributed by atoms with Crippen LogP contribution < -0.4 is 5.32 Å². The lowest BCUT2D eigenvalue weighted by Gasteiger charge is -2.33. The summed E-state index contributed by atoms with van der Waals surface area (Å²) in [6.45, 7) is 8.31. The van der Waals surface area contributed by atoms with Crippen molar-refractivity contribution in [3.63, 3.8) is 0 Å². The number of thiophene rings is 1. The molecule has 0 saturated carbocycles. The second kappa shape index (κ2) is 6.72. The van der Waals surface area contributed by atoms with Crippen LogP contribution in [0.1, 0.15) is 18.4 Å². The zero-order chi connectivity index (χ0) is 13.2. The number of nitrogens with one attached hydrogen (secondary N) is 1. The number of nitrogens with zero attached hydrogens (tertiary/aromatic N) is 2. The monoisotopic (exact) mass is 313 g/mol. The van der Waals surface area contributed by atoms with E-state index in [0.717, 1.165) is 48.4 Å². The molecule has 0 spiro atoms. The van der Waals surface area contributed by atoms with E-state index in [9.17, 15) is 0 Å². The minimum atomic E-state index is 0. The first-order chi connectivity index (χ1) is 9.24. The summed E-state index contributed by atoms with van der Waals surface area (Å²) in [4.78, 5) is 8.22. The van der Waals surface area contributed by atoms with Crippen LogP contribution in [0.3, 0.4) is 0 Å². The molecule has 1 saturated heterocycles. The Hall–Kier alpha value is -0.880. The van der Waals surface area contributed by atoms with Crippen LogP contribution in [0.4, 0.5) is 0 Å². The summed E-state index contributed by atoms with van der Waals surface area (Å²) < 4.78 is 5.79.